The molecular weight excluding hydrogens is 414 g/mol. The second kappa shape index (κ2) is 10.7. The van der Waals surface area contributed by atoms with E-state index in [-0.39, 0.29) is 11.9 Å². The van der Waals surface area contributed by atoms with Crippen LogP contribution in [0.3, 0.4) is 0 Å². The molecule has 0 aliphatic carbocycles. The zero-order chi connectivity index (χ0) is 22.3. The first-order chi connectivity index (χ1) is 15.0. The number of hydrogen-bond donors (Lipinski definition) is 0. The first kappa shape index (κ1) is 23.1. The molecule has 31 heavy (non-hydrogen) atoms. The average Bonchev–Trinajstić information content (AvgIpc) is 2.79. The first-order valence-electron chi connectivity index (χ1n) is 10.8. The van der Waals surface area contributed by atoms with Crippen molar-refractivity contribution in [2.75, 3.05) is 26.8 Å². The first-order valence-corrected chi connectivity index (χ1v) is 11.2. The van der Waals surface area contributed by atoms with E-state index >= 15 is 0 Å². The molecule has 1 heterocycles. The molecule has 1 fully saturated rings. The topological polar surface area (TPSA) is 55.8 Å². The Hall–Kier alpha value is -2.53. The van der Waals surface area contributed by atoms with Gasteiger partial charge in [0.25, 0.3) is 0 Å². The minimum Gasteiger partial charge on any atom is -0.496 e. The summed E-state index contributed by atoms with van der Waals surface area (Å²) in [7, 11) is 1.64. The molecule has 1 saturated heterocycles. The Balaban J connectivity index is 1.65. The molecule has 3 rings (SSSR count). The summed E-state index contributed by atoms with van der Waals surface area (Å²) in [5.41, 5.74) is 1.31. The fourth-order valence-electron chi connectivity index (χ4n) is 4.24. The molecule has 5 nitrogen and oxygen atoms in total. The average molecular weight is 444 g/mol. The zero-order valence-electron chi connectivity index (χ0n) is 18.2. The van der Waals surface area contributed by atoms with Gasteiger partial charge in [-0.3, -0.25) is 9.59 Å². The lowest BCUT2D eigenvalue weighted by Crippen LogP contribution is -2.48. The van der Waals surface area contributed by atoms with Gasteiger partial charge in [-0.25, -0.2) is 0 Å². The number of methoxy groups -OCH3 is 1. The van der Waals surface area contributed by atoms with Gasteiger partial charge in [0.2, 0.25) is 5.91 Å². The molecule has 0 radical (unpaired) electrons. The molecule has 0 bridgehead atoms. The third-order valence-electron chi connectivity index (χ3n) is 6.07. The van der Waals surface area contributed by atoms with Crippen LogP contribution in [0.2, 0.25) is 5.02 Å². The van der Waals surface area contributed by atoms with Gasteiger partial charge in [-0.15, -0.1) is 0 Å². The number of piperidine rings is 1. The molecule has 0 atom stereocenters. The maximum atomic E-state index is 12.9. The SMILES string of the molecule is CCOC(=O)C1(Cc2ccccc2Cl)CCN(C(=O)CCc2ccccc2OC)CC1. The molecule has 6 heteroatoms. The molecule has 2 aromatic rings. The van der Waals surface area contributed by atoms with E-state index in [0.717, 1.165) is 16.9 Å². The number of benzene rings is 2. The van der Waals surface area contributed by atoms with Crippen molar-refractivity contribution in [2.24, 2.45) is 5.41 Å². The monoisotopic (exact) mass is 443 g/mol. The largest absolute Gasteiger partial charge is 0.496 e. The van der Waals surface area contributed by atoms with Crippen LogP contribution in [0.25, 0.3) is 0 Å². The number of esters is 1. The molecule has 0 unspecified atom stereocenters. The Morgan fingerprint density at radius 3 is 2.32 bits per heavy atom. The lowest BCUT2D eigenvalue weighted by molar-refractivity contribution is -0.160. The Morgan fingerprint density at radius 1 is 1.03 bits per heavy atom. The normalized spacial score (nSPS) is 15.4. The molecule has 0 aromatic heterocycles. The Kier molecular flexibility index (Phi) is 7.97. The van der Waals surface area contributed by atoms with Gasteiger partial charge in [-0.05, 0) is 55.9 Å². The van der Waals surface area contributed by atoms with E-state index in [9.17, 15) is 9.59 Å². The molecule has 1 aliphatic heterocycles. The van der Waals surface area contributed by atoms with Gasteiger partial charge in [0.1, 0.15) is 5.75 Å². The van der Waals surface area contributed by atoms with Crippen LogP contribution in [-0.2, 0) is 27.2 Å². The van der Waals surface area contributed by atoms with E-state index in [0.29, 0.717) is 56.8 Å². The van der Waals surface area contributed by atoms with Crippen molar-refractivity contribution >= 4 is 23.5 Å². The number of hydrogen-bond acceptors (Lipinski definition) is 4. The summed E-state index contributed by atoms with van der Waals surface area (Å²) in [6.07, 6.45) is 2.70. The summed E-state index contributed by atoms with van der Waals surface area (Å²) >= 11 is 6.36. The summed E-state index contributed by atoms with van der Waals surface area (Å²) < 4.78 is 10.8. The van der Waals surface area contributed by atoms with Crippen molar-refractivity contribution in [3.8, 4) is 5.75 Å². The summed E-state index contributed by atoms with van der Waals surface area (Å²) in [4.78, 5) is 27.6. The van der Waals surface area contributed by atoms with Crippen LogP contribution in [0.15, 0.2) is 48.5 Å². The zero-order valence-corrected chi connectivity index (χ0v) is 19.0. The van der Waals surface area contributed by atoms with Crippen molar-refractivity contribution in [1.29, 1.82) is 0 Å². The number of halogens is 1. The van der Waals surface area contributed by atoms with Crippen LogP contribution >= 0.6 is 11.6 Å². The Morgan fingerprint density at radius 2 is 1.68 bits per heavy atom. The molecule has 2 aromatic carbocycles. The van der Waals surface area contributed by atoms with E-state index in [4.69, 9.17) is 21.1 Å². The van der Waals surface area contributed by atoms with E-state index < -0.39 is 5.41 Å². The van der Waals surface area contributed by atoms with Gasteiger partial charge in [-0.2, -0.15) is 0 Å². The predicted octanol–water partition coefficient (Wildman–Crippen LogP) is 4.70. The number of carbonyl (C=O) groups excluding carboxylic acids is 2. The second-order valence-electron chi connectivity index (χ2n) is 7.96. The molecular formula is C25H30ClNO4. The highest BCUT2D eigenvalue weighted by Gasteiger charge is 2.43. The van der Waals surface area contributed by atoms with Gasteiger partial charge in [0.05, 0.1) is 19.1 Å². The fraction of sp³-hybridized carbons (Fsp3) is 0.440. The smallest absolute Gasteiger partial charge is 0.312 e. The number of ether oxygens (including phenoxy) is 2. The number of likely N-dealkylation sites (tertiary alicyclic amines) is 1. The summed E-state index contributed by atoms with van der Waals surface area (Å²) in [5.74, 6) is 0.701. The van der Waals surface area contributed by atoms with Crippen LogP contribution in [0.5, 0.6) is 5.75 Å². The van der Waals surface area contributed by atoms with Gasteiger partial charge < -0.3 is 14.4 Å². The van der Waals surface area contributed by atoms with E-state index in [1.54, 1.807) is 7.11 Å². The van der Waals surface area contributed by atoms with E-state index in [1.165, 1.54) is 0 Å². The molecule has 0 N–H and O–H groups in total. The fourth-order valence-corrected chi connectivity index (χ4v) is 4.44. The lowest BCUT2D eigenvalue weighted by Gasteiger charge is -2.40. The van der Waals surface area contributed by atoms with E-state index in [1.807, 2.05) is 60.4 Å². The summed E-state index contributed by atoms with van der Waals surface area (Å²) in [6.45, 7) is 3.23. The highest BCUT2D eigenvalue weighted by atomic mass is 35.5. The molecule has 166 valence electrons. The van der Waals surface area contributed by atoms with Gasteiger partial charge in [0.15, 0.2) is 0 Å². The molecule has 1 aliphatic rings. The number of carbonyl (C=O) groups is 2. The van der Waals surface area contributed by atoms with E-state index in [2.05, 4.69) is 0 Å². The Bertz CT molecular complexity index is 906. The third kappa shape index (κ3) is 5.59. The molecule has 1 amide bonds. The molecule has 0 saturated carbocycles. The van der Waals surface area contributed by atoms with Crippen LogP contribution < -0.4 is 4.74 Å². The maximum absolute atomic E-state index is 12.9. The predicted molar refractivity (Wildman–Crippen MR) is 121 cm³/mol. The van der Waals surface area contributed by atoms with Crippen molar-refractivity contribution in [3.63, 3.8) is 0 Å². The number of rotatable bonds is 8. The van der Waals surface area contributed by atoms with Crippen molar-refractivity contribution < 1.29 is 19.1 Å². The standard InChI is InChI=1S/C25H30ClNO4/c1-3-31-24(29)25(18-20-9-4-6-10-21(20)26)14-16-27(17-15-25)23(28)13-12-19-8-5-7-11-22(19)30-2/h4-11H,3,12-18H2,1-2H3. The van der Waals surface area contributed by atoms with Gasteiger partial charge in [0, 0.05) is 24.5 Å². The van der Waals surface area contributed by atoms with Gasteiger partial charge >= 0.3 is 5.97 Å². The van der Waals surface area contributed by atoms with Crippen LogP contribution in [0.4, 0.5) is 0 Å². The summed E-state index contributed by atoms with van der Waals surface area (Å²) in [6, 6.07) is 15.4. The number of para-hydroxylation sites is 1. The number of amides is 1. The maximum Gasteiger partial charge on any atom is 0.312 e. The third-order valence-corrected chi connectivity index (χ3v) is 6.44. The lowest BCUT2D eigenvalue weighted by atomic mass is 9.73. The quantitative estimate of drug-likeness (QED) is 0.555. The van der Waals surface area contributed by atoms with Crippen LogP contribution in [-0.4, -0.2) is 43.6 Å². The van der Waals surface area contributed by atoms with Crippen LogP contribution in [0, 0.1) is 5.41 Å². The van der Waals surface area contributed by atoms with Crippen molar-refractivity contribution in [2.45, 2.75) is 39.0 Å². The molecule has 0 spiro atoms. The minimum absolute atomic E-state index is 0.0982. The summed E-state index contributed by atoms with van der Waals surface area (Å²) in [5, 5.41) is 0.654. The second-order valence-corrected chi connectivity index (χ2v) is 8.37. The minimum atomic E-state index is -0.652. The van der Waals surface area contributed by atoms with Crippen molar-refractivity contribution in [1.82, 2.24) is 4.90 Å². The number of aryl methyl sites for hydroxylation is 1. The Labute approximate surface area is 189 Å². The van der Waals surface area contributed by atoms with Crippen molar-refractivity contribution in [3.05, 3.63) is 64.7 Å². The number of nitrogens with zero attached hydrogens (tertiary/aromatic N) is 1. The highest BCUT2D eigenvalue weighted by Crippen LogP contribution is 2.38. The highest BCUT2D eigenvalue weighted by molar-refractivity contribution is 6.31. The van der Waals surface area contributed by atoms with Gasteiger partial charge in [-0.1, -0.05) is 48.0 Å². The van der Waals surface area contributed by atoms with Crippen LogP contribution in [0.1, 0.15) is 37.3 Å².